The second-order valence-electron chi connectivity index (χ2n) is 10.2. The van der Waals surface area contributed by atoms with Crippen LogP contribution in [0.4, 0.5) is 4.39 Å². The molecule has 0 saturated heterocycles. The van der Waals surface area contributed by atoms with Gasteiger partial charge in [0.05, 0.1) is 0 Å². The second kappa shape index (κ2) is 13.6. The Morgan fingerprint density at radius 3 is 2.25 bits per heavy atom. The molecule has 0 bridgehead atoms. The summed E-state index contributed by atoms with van der Waals surface area (Å²) in [6, 6.07) is 11.1. The summed E-state index contributed by atoms with van der Waals surface area (Å²) < 4.78 is 12.8. The Morgan fingerprint density at radius 2 is 1.62 bits per heavy atom. The first-order valence-corrected chi connectivity index (χ1v) is 13.2. The average Bonchev–Trinajstić information content (AvgIpc) is 2.85. The number of rotatable bonds is 10. The molecule has 0 amide bonds. The Kier molecular flexibility index (Phi) is 10.5. The number of hydrogen-bond acceptors (Lipinski definition) is 1. The Bertz CT molecular complexity index is 753. The molecule has 174 valence electrons. The molecule has 0 aromatic heterocycles. The molecule has 0 N–H and O–H groups in total. The van der Waals surface area contributed by atoms with E-state index < -0.39 is 5.83 Å². The van der Waals surface area contributed by atoms with Gasteiger partial charge in [-0.15, -0.1) is 0 Å². The first-order valence-electron chi connectivity index (χ1n) is 13.2. The second-order valence-corrected chi connectivity index (χ2v) is 10.2. The standard InChI is InChI=1S/C30H42FN/c1-2-3-5-8-24-11-15-26(16-12-24)28-19-21-29(22-20-28)27-17-13-25(14-18-27)9-6-4-7-10-30(31)23-32/h4,7,10-12,15-16,25,27-29H,2-3,5-6,8-9,13-14,17-22H2,1H3/b7-4+,30-10-/t25?,27?,28-,29-. The van der Waals surface area contributed by atoms with Crippen LogP contribution in [0.1, 0.15) is 107 Å². The first-order chi connectivity index (χ1) is 15.7. The normalized spacial score (nSPS) is 26.8. The van der Waals surface area contributed by atoms with Gasteiger partial charge in [0.1, 0.15) is 6.07 Å². The number of halogens is 1. The molecule has 2 aliphatic carbocycles. The highest BCUT2D eigenvalue weighted by Crippen LogP contribution is 2.44. The van der Waals surface area contributed by atoms with Gasteiger partial charge in [-0.1, -0.05) is 69.0 Å². The molecular formula is C30H42FN. The van der Waals surface area contributed by atoms with Crippen LogP contribution in [0.2, 0.25) is 0 Å². The third-order valence-electron chi connectivity index (χ3n) is 8.08. The van der Waals surface area contributed by atoms with E-state index in [0.29, 0.717) is 0 Å². The van der Waals surface area contributed by atoms with E-state index in [9.17, 15) is 4.39 Å². The van der Waals surface area contributed by atoms with Crippen molar-refractivity contribution in [3.05, 3.63) is 59.4 Å². The molecule has 3 rings (SSSR count). The van der Waals surface area contributed by atoms with E-state index in [0.717, 1.165) is 30.1 Å². The van der Waals surface area contributed by atoms with Crippen LogP contribution >= 0.6 is 0 Å². The SMILES string of the molecule is CCCCCc1ccc([C@H]2CC[C@H](C3CCC(CC/C=C/C=C(\F)C#N)CC3)CC2)cc1. The molecular weight excluding hydrogens is 393 g/mol. The predicted molar refractivity (Wildman–Crippen MR) is 133 cm³/mol. The van der Waals surface area contributed by atoms with Crippen LogP contribution < -0.4 is 0 Å². The van der Waals surface area contributed by atoms with Crippen LogP contribution in [-0.4, -0.2) is 0 Å². The van der Waals surface area contributed by atoms with E-state index in [2.05, 4.69) is 31.2 Å². The van der Waals surface area contributed by atoms with Gasteiger partial charge >= 0.3 is 0 Å². The summed E-state index contributed by atoms with van der Waals surface area (Å²) in [5.74, 6) is 2.78. The van der Waals surface area contributed by atoms with Crippen LogP contribution in [0.3, 0.4) is 0 Å². The van der Waals surface area contributed by atoms with Gasteiger partial charge in [-0.05, 0) is 105 Å². The number of hydrogen-bond donors (Lipinski definition) is 0. The number of benzene rings is 1. The molecule has 2 heteroatoms. The van der Waals surface area contributed by atoms with Crippen molar-refractivity contribution in [1.29, 1.82) is 5.26 Å². The summed E-state index contributed by atoms with van der Waals surface area (Å²) in [6.07, 6.45) is 23.4. The van der Waals surface area contributed by atoms with Crippen LogP contribution in [-0.2, 0) is 6.42 Å². The zero-order valence-electron chi connectivity index (χ0n) is 20.1. The first kappa shape index (κ1) is 24.8. The minimum Gasteiger partial charge on any atom is -0.195 e. The predicted octanol–water partition coefficient (Wildman–Crippen LogP) is 9.21. The maximum absolute atomic E-state index is 12.8. The lowest BCUT2D eigenvalue weighted by atomic mass is 9.68. The largest absolute Gasteiger partial charge is 0.199 e. The number of allylic oxidation sites excluding steroid dienone is 4. The molecule has 0 unspecified atom stereocenters. The van der Waals surface area contributed by atoms with Crippen molar-refractivity contribution in [3.63, 3.8) is 0 Å². The van der Waals surface area contributed by atoms with Crippen LogP contribution in [0.5, 0.6) is 0 Å². The van der Waals surface area contributed by atoms with Gasteiger partial charge in [0.2, 0.25) is 0 Å². The van der Waals surface area contributed by atoms with E-state index in [1.807, 2.05) is 6.08 Å². The van der Waals surface area contributed by atoms with Gasteiger partial charge in [-0.25, -0.2) is 0 Å². The average molecular weight is 436 g/mol. The van der Waals surface area contributed by atoms with Crippen molar-refractivity contribution in [3.8, 4) is 6.07 Å². The van der Waals surface area contributed by atoms with Crippen molar-refractivity contribution in [2.24, 2.45) is 17.8 Å². The van der Waals surface area contributed by atoms with E-state index in [1.54, 1.807) is 11.6 Å². The summed E-state index contributed by atoms with van der Waals surface area (Å²) in [5, 5.41) is 8.42. The fourth-order valence-electron chi connectivity index (χ4n) is 6.03. The van der Waals surface area contributed by atoms with Crippen molar-refractivity contribution < 1.29 is 4.39 Å². The van der Waals surface area contributed by atoms with Crippen LogP contribution in [0.15, 0.2) is 48.3 Å². The number of unbranched alkanes of at least 4 members (excludes halogenated alkanes) is 2. The fourth-order valence-corrected chi connectivity index (χ4v) is 6.03. The molecule has 0 atom stereocenters. The number of aryl methyl sites for hydroxylation is 1. The quantitative estimate of drug-likeness (QED) is 0.204. The third-order valence-corrected chi connectivity index (χ3v) is 8.08. The molecule has 1 nitrogen and oxygen atoms in total. The van der Waals surface area contributed by atoms with E-state index in [-0.39, 0.29) is 0 Å². The van der Waals surface area contributed by atoms with E-state index in [4.69, 9.17) is 5.26 Å². The molecule has 1 aromatic rings. The number of nitrogens with zero attached hydrogens (tertiary/aromatic N) is 1. The van der Waals surface area contributed by atoms with Gasteiger partial charge in [0.15, 0.2) is 5.83 Å². The zero-order valence-corrected chi connectivity index (χ0v) is 20.1. The van der Waals surface area contributed by atoms with Gasteiger partial charge in [0.25, 0.3) is 0 Å². The Balaban J connectivity index is 1.34. The molecule has 2 aliphatic rings. The number of nitriles is 1. The molecule has 2 fully saturated rings. The zero-order chi connectivity index (χ0) is 22.6. The Labute approximate surface area is 195 Å². The summed E-state index contributed by atoms with van der Waals surface area (Å²) in [6.45, 7) is 2.27. The topological polar surface area (TPSA) is 23.8 Å². The summed E-state index contributed by atoms with van der Waals surface area (Å²) in [4.78, 5) is 0. The molecule has 32 heavy (non-hydrogen) atoms. The molecule has 0 heterocycles. The lowest BCUT2D eigenvalue weighted by molar-refractivity contribution is 0.157. The van der Waals surface area contributed by atoms with Crippen LogP contribution in [0, 0.1) is 29.1 Å². The lowest BCUT2D eigenvalue weighted by Gasteiger charge is -2.38. The lowest BCUT2D eigenvalue weighted by Crippen LogP contribution is -2.25. The minimum atomic E-state index is -0.712. The molecule has 0 radical (unpaired) electrons. The van der Waals surface area contributed by atoms with Crippen LogP contribution in [0.25, 0.3) is 0 Å². The fraction of sp³-hybridized carbons (Fsp3) is 0.633. The molecule has 0 aliphatic heterocycles. The minimum absolute atomic E-state index is 0.712. The highest BCUT2D eigenvalue weighted by atomic mass is 19.1. The summed E-state index contributed by atoms with van der Waals surface area (Å²) in [7, 11) is 0. The van der Waals surface area contributed by atoms with Crippen molar-refractivity contribution in [2.45, 2.75) is 103 Å². The van der Waals surface area contributed by atoms with Crippen molar-refractivity contribution >= 4 is 0 Å². The van der Waals surface area contributed by atoms with Gasteiger partial charge in [-0.3, -0.25) is 0 Å². The van der Waals surface area contributed by atoms with Gasteiger partial charge < -0.3 is 0 Å². The van der Waals surface area contributed by atoms with Crippen molar-refractivity contribution in [2.75, 3.05) is 0 Å². The van der Waals surface area contributed by atoms with E-state index in [1.165, 1.54) is 101 Å². The summed E-state index contributed by atoms with van der Waals surface area (Å²) in [5.41, 5.74) is 3.08. The van der Waals surface area contributed by atoms with E-state index >= 15 is 0 Å². The van der Waals surface area contributed by atoms with Gasteiger partial charge in [0, 0.05) is 0 Å². The highest BCUT2D eigenvalue weighted by Gasteiger charge is 2.31. The smallest absolute Gasteiger partial charge is 0.195 e. The maximum atomic E-state index is 12.8. The Morgan fingerprint density at radius 1 is 0.969 bits per heavy atom. The third kappa shape index (κ3) is 7.91. The molecule has 2 saturated carbocycles. The van der Waals surface area contributed by atoms with Gasteiger partial charge in [-0.2, -0.15) is 9.65 Å². The van der Waals surface area contributed by atoms with Crippen molar-refractivity contribution in [1.82, 2.24) is 0 Å². The summed E-state index contributed by atoms with van der Waals surface area (Å²) >= 11 is 0. The monoisotopic (exact) mass is 435 g/mol. The molecule has 0 spiro atoms. The molecule has 1 aromatic carbocycles. The highest BCUT2D eigenvalue weighted by molar-refractivity contribution is 5.26. The Hall–Kier alpha value is -1.88. The maximum Gasteiger partial charge on any atom is 0.199 e.